The van der Waals surface area contributed by atoms with E-state index in [2.05, 4.69) is 326 Å². The Morgan fingerprint density at radius 3 is 1.13 bits per heavy atom. The van der Waals surface area contributed by atoms with Gasteiger partial charge in [-0.05, 0) is 193 Å². The van der Waals surface area contributed by atoms with E-state index in [0.29, 0.717) is 0 Å². The molecule has 4 aliphatic heterocycles. The maximum atomic E-state index is 7.31. The van der Waals surface area contributed by atoms with Crippen LogP contribution in [0.5, 0.6) is 46.0 Å². The second-order valence-electron chi connectivity index (χ2n) is 32.5. The first-order chi connectivity index (χ1) is 57.1. The van der Waals surface area contributed by atoms with Gasteiger partial charge in [-0.25, -0.2) is 0 Å². The standard InChI is InChI=1S/C106H66N4O6/c1-105(2)71-49-51-93-103(101-68-33-12-8-29-64(68)86(58-97(101)114-93)108-77-37-15-21-44-89(77)112-90-45-22-16-38-78(90)108)102(71)100-67-32-11-7-28-63(67)83(55-74(100)105)109-79-39-17-23-46-91(79)113-95-52-59(48-50-81(95)109)60-34-25-41-82-104(60)116-92-47-24-18-40-80(92)110(82)84-54-73-98(65-30-9-5-26-61(65)84)69-53-70-94(56-72(69)106(73,3)4)115-96-57-85(62-27-6-10-31-66(62)99(70)96)107-75-35-13-19-42-87(75)111-88-43-20-14-36-76(88)107/h5-58H,1-4H3. The summed E-state index contributed by atoms with van der Waals surface area (Å²) >= 11 is 0. The maximum absolute atomic E-state index is 7.31. The molecule has 116 heavy (non-hydrogen) atoms. The van der Waals surface area contributed by atoms with Gasteiger partial charge in [0.05, 0.1) is 68.2 Å². The van der Waals surface area contributed by atoms with Crippen molar-refractivity contribution in [3.05, 3.63) is 350 Å². The summed E-state index contributed by atoms with van der Waals surface area (Å²) < 4.78 is 42.0. The Balaban J connectivity index is 0.601. The summed E-state index contributed by atoms with van der Waals surface area (Å²) in [5.41, 5.74) is 26.1. The highest BCUT2D eigenvalue weighted by molar-refractivity contribution is 6.29. The Morgan fingerprint density at radius 2 is 0.595 bits per heavy atom. The minimum atomic E-state index is -0.443. The van der Waals surface area contributed by atoms with Crippen LogP contribution < -0.4 is 38.5 Å². The van der Waals surface area contributed by atoms with Crippen LogP contribution in [-0.4, -0.2) is 0 Å². The van der Waals surface area contributed by atoms with Crippen LogP contribution in [0.4, 0.5) is 68.2 Å². The van der Waals surface area contributed by atoms with E-state index < -0.39 is 10.8 Å². The van der Waals surface area contributed by atoms with E-state index >= 15 is 0 Å². The molecule has 0 spiro atoms. The molecule has 0 saturated heterocycles. The maximum Gasteiger partial charge on any atom is 0.159 e. The monoisotopic (exact) mass is 1490 g/mol. The van der Waals surface area contributed by atoms with Crippen LogP contribution in [0.2, 0.25) is 0 Å². The number of hydrogen-bond donors (Lipinski definition) is 0. The summed E-state index contributed by atoms with van der Waals surface area (Å²) in [5, 5.41) is 13.5. The van der Waals surface area contributed by atoms with Crippen molar-refractivity contribution < 1.29 is 27.8 Å². The zero-order valence-corrected chi connectivity index (χ0v) is 63.4. The van der Waals surface area contributed by atoms with E-state index in [9.17, 15) is 0 Å². The number of benzene rings is 18. The average molecular weight is 1490 g/mol. The first-order valence-corrected chi connectivity index (χ1v) is 39.8. The summed E-state index contributed by atoms with van der Waals surface area (Å²) in [6, 6.07) is 117. The van der Waals surface area contributed by atoms with Gasteiger partial charge >= 0.3 is 0 Å². The van der Waals surface area contributed by atoms with Gasteiger partial charge in [-0.1, -0.05) is 222 Å². The molecule has 6 heterocycles. The normalized spacial score (nSPS) is 14.6. The number of nitrogens with zero attached hydrogens (tertiary/aromatic N) is 4. The van der Waals surface area contributed by atoms with Crippen LogP contribution in [0.1, 0.15) is 49.9 Å². The van der Waals surface area contributed by atoms with Gasteiger partial charge in [-0.3, -0.25) is 0 Å². The molecule has 10 heteroatoms. The first-order valence-electron chi connectivity index (χ1n) is 39.8. The van der Waals surface area contributed by atoms with Gasteiger partial charge in [-0.2, -0.15) is 0 Å². The molecule has 0 N–H and O–H groups in total. The molecule has 18 aromatic carbocycles. The zero-order chi connectivity index (χ0) is 76.3. The van der Waals surface area contributed by atoms with Gasteiger partial charge in [0.1, 0.15) is 22.3 Å². The van der Waals surface area contributed by atoms with E-state index in [4.69, 9.17) is 27.8 Å². The predicted molar refractivity (Wildman–Crippen MR) is 471 cm³/mol. The lowest BCUT2D eigenvalue weighted by Crippen LogP contribution is -2.19. The molecule has 0 atom stereocenters. The van der Waals surface area contributed by atoms with Crippen molar-refractivity contribution in [2.75, 3.05) is 19.6 Å². The second kappa shape index (κ2) is 22.9. The fraction of sp³-hybridized carbons (Fsp3) is 0.0566. The third-order valence-corrected chi connectivity index (χ3v) is 25.7. The number of para-hydroxylation sites is 13. The van der Waals surface area contributed by atoms with Crippen LogP contribution in [0.3, 0.4) is 0 Å². The van der Waals surface area contributed by atoms with Crippen molar-refractivity contribution in [1.82, 2.24) is 0 Å². The summed E-state index contributed by atoms with van der Waals surface area (Å²) in [6.07, 6.45) is 0. The topological polar surface area (TPSA) is 76.2 Å². The van der Waals surface area contributed by atoms with Crippen molar-refractivity contribution in [2.45, 2.75) is 38.5 Å². The van der Waals surface area contributed by atoms with E-state index in [0.717, 1.165) is 207 Å². The first kappa shape index (κ1) is 63.6. The van der Waals surface area contributed by atoms with Gasteiger partial charge in [0.25, 0.3) is 0 Å². The number of hydrogen-bond acceptors (Lipinski definition) is 10. The second-order valence-corrected chi connectivity index (χ2v) is 32.5. The molecule has 6 aliphatic rings. The predicted octanol–water partition coefficient (Wildman–Crippen LogP) is 30.7. The lowest BCUT2D eigenvalue weighted by Gasteiger charge is -2.36. The Labute approximate surface area is 666 Å². The molecule has 0 saturated carbocycles. The molecule has 0 bridgehead atoms. The van der Waals surface area contributed by atoms with Crippen LogP contribution in [-0.2, 0) is 10.8 Å². The molecule has 0 radical (unpaired) electrons. The summed E-state index contributed by atoms with van der Waals surface area (Å²) in [5.74, 6) is 6.22. The lowest BCUT2D eigenvalue weighted by molar-refractivity contribution is 0.475. The number of fused-ring (bicyclic) bond motifs is 29. The third-order valence-electron chi connectivity index (χ3n) is 25.7. The molecular weight excluding hydrogens is 1430 g/mol. The van der Waals surface area contributed by atoms with Crippen LogP contribution in [0, 0.1) is 0 Å². The highest BCUT2D eigenvalue weighted by Gasteiger charge is 2.44. The van der Waals surface area contributed by atoms with Crippen molar-refractivity contribution in [3.8, 4) is 79.4 Å². The minimum absolute atomic E-state index is 0.428. The van der Waals surface area contributed by atoms with E-state index in [1.165, 1.54) is 49.9 Å². The summed E-state index contributed by atoms with van der Waals surface area (Å²) in [6.45, 7) is 9.52. The van der Waals surface area contributed by atoms with Gasteiger partial charge < -0.3 is 47.4 Å². The highest BCUT2D eigenvalue weighted by atomic mass is 16.5. The number of rotatable bonds is 5. The van der Waals surface area contributed by atoms with Crippen molar-refractivity contribution in [2.24, 2.45) is 0 Å². The van der Waals surface area contributed by atoms with Gasteiger partial charge in [0, 0.05) is 71.6 Å². The molecular formula is C106H66N4O6. The Kier molecular flexibility index (Phi) is 12.5. The molecule has 0 amide bonds. The molecule has 10 nitrogen and oxygen atoms in total. The fourth-order valence-electron chi connectivity index (χ4n) is 20.5. The van der Waals surface area contributed by atoms with Crippen LogP contribution in [0.15, 0.2) is 336 Å². The quantitative estimate of drug-likeness (QED) is 0.166. The van der Waals surface area contributed by atoms with Crippen molar-refractivity contribution in [3.63, 3.8) is 0 Å². The fourth-order valence-corrected chi connectivity index (χ4v) is 20.5. The Morgan fingerprint density at radius 1 is 0.207 bits per heavy atom. The molecule has 0 unspecified atom stereocenters. The van der Waals surface area contributed by atoms with Gasteiger partial charge in [0.15, 0.2) is 46.0 Å². The minimum Gasteiger partial charge on any atom is -0.456 e. The number of ether oxygens (including phenoxy) is 4. The zero-order valence-electron chi connectivity index (χ0n) is 63.4. The van der Waals surface area contributed by atoms with Crippen molar-refractivity contribution >= 4 is 155 Å². The largest absolute Gasteiger partial charge is 0.456 e. The molecule has 2 aromatic heterocycles. The highest BCUT2D eigenvalue weighted by Crippen LogP contribution is 2.65. The molecule has 20 aromatic rings. The van der Waals surface area contributed by atoms with Crippen LogP contribution in [0.25, 0.3) is 120 Å². The SMILES string of the molecule is CC1(C)c2cc3oc4cc(N5c6ccccc6Oc6ccccc65)c5ccccc5c4c3cc2-c2c1cc(N1c3ccccc3Oc3c(-c4ccc5c(c4)Oc4ccccc4N5c4cc5c(c6ccccc46)-c4c(ccc6oc7cc(N8c9ccccc9Oc9ccccc98)c8ccccc8c7c46)C5(C)C)cccc31)c1ccccc21. The van der Waals surface area contributed by atoms with Crippen LogP contribution >= 0.6 is 0 Å². The van der Waals surface area contributed by atoms with Gasteiger partial charge in [-0.15, -0.1) is 0 Å². The smallest absolute Gasteiger partial charge is 0.159 e. The molecule has 2 aliphatic carbocycles. The number of furan rings is 2. The van der Waals surface area contributed by atoms with E-state index in [1.54, 1.807) is 0 Å². The molecule has 26 rings (SSSR count). The van der Waals surface area contributed by atoms with Gasteiger partial charge in [0.2, 0.25) is 0 Å². The van der Waals surface area contributed by atoms with E-state index in [1.807, 2.05) is 48.5 Å². The Hall–Kier alpha value is -15.0. The average Bonchev–Trinajstić information content (AvgIpc) is 1.52. The lowest BCUT2D eigenvalue weighted by atomic mass is 9.81. The summed E-state index contributed by atoms with van der Waals surface area (Å²) in [7, 11) is 0. The molecule has 0 fully saturated rings. The van der Waals surface area contributed by atoms with E-state index in [-0.39, 0.29) is 0 Å². The number of anilines is 12. The third kappa shape index (κ3) is 8.47. The van der Waals surface area contributed by atoms with Crippen molar-refractivity contribution in [1.29, 1.82) is 0 Å². The molecule has 546 valence electrons. The summed E-state index contributed by atoms with van der Waals surface area (Å²) in [4.78, 5) is 9.51. The Bertz CT molecular complexity index is 7770.